The number of nitro groups is 1. The molecule has 4 aromatic rings. The van der Waals surface area contributed by atoms with Crippen molar-refractivity contribution in [3.63, 3.8) is 0 Å². The number of nitrogens with zero attached hydrogens (tertiary/aromatic N) is 2. The van der Waals surface area contributed by atoms with Crippen molar-refractivity contribution < 1.29 is 9.66 Å². The lowest BCUT2D eigenvalue weighted by Gasteiger charge is -2.07. The lowest BCUT2D eigenvalue weighted by Crippen LogP contribution is -2.34. The molecule has 0 aliphatic carbocycles. The molecule has 0 fully saturated rings. The van der Waals surface area contributed by atoms with Crippen LogP contribution in [0.1, 0.15) is 18.9 Å². The lowest BCUT2D eigenvalue weighted by molar-refractivity contribution is -0.384. The van der Waals surface area contributed by atoms with E-state index in [4.69, 9.17) is 4.74 Å². The molecular formula is C24H21N3O4. The molecule has 0 unspecified atom stereocenters. The number of aromatic nitrogens is 2. The minimum Gasteiger partial charge on any atom is -0.493 e. The van der Waals surface area contributed by atoms with E-state index >= 15 is 0 Å². The van der Waals surface area contributed by atoms with Crippen molar-refractivity contribution in [1.29, 1.82) is 0 Å². The molecule has 0 bridgehead atoms. The number of H-pyrrole nitrogens is 1. The molecule has 31 heavy (non-hydrogen) atoms. The van der Waals surface area contributed by atoms with Crippen LogP contribution in [0.3, 0.4) is 0 Å². The number of ether oxygens (including phenoxy) is 1. The Hall–Kier alpha value is -4.13. The molecule has 7 heteroatoms. The van der Waals surface area contributed by atoms with Crippen LogP contribution in [0.2, 0.25) is 0 Å². The summed E-state index contributed by atoms with van der Waals surface area (Å²) < 4.78 is 7.14. The standard InChI is InChI=1S/C24H21N3O4/c1-3-12-31-23-11-10-21(27(29)30)14-19(23)15-22-16(2)25-26(24(22)28)20-9-8-17-6-4-5-7-18(17)13-20/h4-11,13-15,25H,2-3,12H2,1H3/b22-15+. The minimum absolute atomic E-state index is 0.0777. The van der Waals surface area contributed by atoms with E-state index in [1.807, 2.05) is 49.4 Å². The molecule has 156 valence electrons. The van der Waals surface area contributed by atoms with Crippen molar-refractivity contribution >= 4 is 29.1 Å². The number of hydrogen-bond acceptors (Lipinski definition) is 4. The van der Waals surface area contributed by atoms with Gasteiger partial charge in [-0.2, -0.15) is 0 Å². The number of fused-ring (bicyclic) bond motifs is 1. The van der Waals surface area contributed by atoms with Gasteiger partial charge in [-0.3, -0.25) is 20.0 Å². The highest BCUT2D eigenvalue weighted by molar-refractivity contribution is 5.84. The van der Waals surface area contributed by atoms with E-state index in [0.29, 0.717) is 34.2 Å². The zero-order valence-corrected chi connectivity index (χ0v) is 17.0. The summed E-state index contributed by atoms with van der Waals surface area (Å²) >= 11 is 0. The normalized spacial score (nSPS) is 11.7. The third kappa shape index (κ3) is 3.98. The average Bonchev–Trinajstić information content (AvgIpc) is 3.06. The van der Waals surface area contributed by atoms with Crippen LogP contribution in [0, 0.1) is 10.1 Å². The molecule has 0 amide bonds. The van der Waals surface area contributed by atoms with Crippen LogP contribution in [0.5, 0.6) is 5.75 Å². The predicted molar refractivity (Wildman–Crippen MR) is 121 cm³/mol. The predicted octanol–water partition coefficient (Wildman–Crippen LogP) is 3.25. The van der Waals surface area contributed by atoms with Crippen molar-refractivity contribution in [2.24, 2.45) is 0 Å². The summed E-state index contributed by atoms with van der Waals surface area (Å²) in [5, 5.41) is 17.0. The van der Waals surface area contributed by atoms with Crippen molar-refractivity contribution in [2.45, 2.75) is 13.3 Å². The maximum atomic E-state index is 13.2. The van der Waals surface area contributed by atoms with Crippen molar-refractivity contribution in [2.75, 3.05) is 6.61 Å². The van der Waals surface area contributed by atoms with Gasteiger partial charge < -0.3 is 4.74 Å². The van der Waals surface area contributed by atoms with Crippen LogP contribution in [0.25, 0.3) is 29.1 Å². The van der Waals surface area contributed by atoms with Gasteiger partial charge in [-0.25, -0.2) is 4.68 Å². The van der Waals surface area contributed by atoms with Gasteiger partial charge in [0.2, 0.25) is 0 Å². The number of nitrogens with one attached hydrogen (secondary N) is 1. The fourth-order valence-corrected chi connectivity index (χ4v) is 3.40. The molecule has 0 spiro atoms. The quantitative estimate of drug-likeness (QED) is 0.387. The Balaban J connectivity index is 1.87. The maximum absolute atomic E-state index is 13.2. The first-order valence-corrected chi connectivity index (χ1v) is 9.90. The summed E-state index contributed by atoms with van der Waals surface area (Å²) in [6, 6.07) is 17.9. The van der Waals surface area contributed by atoms with E-state index in [0.717, 1.165) is 17.2 Å². The van der Waals surface area contributed by atoms with Crippen LogP contribution < -0.4 is 20.9 Å². The highest BCUT2D eigenvalue weighted by atomic mass is 16.6. The number of hydrogen-bond donors (Lipinski definition) is 1. The molecule has 0 saturated carbocycles. The molecule has 7 nitrogen and oxygen atoms in total. The van der Waals surface area contributed by atoms with E-state index in [2.05, 4.69) is 11.7 Å². The van der Waals surface area contributed by atoms with Crippen molar-refractivity contribution in [3.8, 4) is 11.4 Å². The highest BCUT2D eigenvalue weighted by Crippen LogP contribution is 2.25. The summed E-state index contributed by atoms with van der Waals surface area (Å²) in [6.07, 6.45) is 2.37. The van der Waals surface area contributed by atoms with Gasteiger partial charge in [0.25, 0.3) is 11.2 Å². The Morgan fingerprint density at radius 1 is 1.13 bits per heavy atom. The molecule has 4 rings (SSSR count). The maximum Gasteiger partial charge on any atom is 0.279 e. The topological polar surface area (TPSA) is 90.2 Å². The SMILES string of the molecule is C=c1[nH]n(-c2ccc3ccccc3c2)c(=O)/c1=C/c1cc([N+](=O)[O-])ccc1OCCC. The van der Waals surface area contributed by atoms with E-state index in [-0.39, 0.29) is 11.2 Å². The van der Waals surface area contributed by atoms with E-state index < -0.39 is 4.92 Å². The molecule has 0 aliphatic rings. The first kappa shape index (κ1) is 20.2. The van der Waals surface area contributed by atoms with Crippen LogP contribution in [-0.4, -0.2) is 21.3 Å². The van der Waals surface area contributed by atoms with E-state index in [9.17, 15) is 14.9 Å². The second-order valence-electron chi connectivity index (χ2n) is 7.15. The zero-order chi connectivity index (χ0) is 22.0. The second-order valence-corrected chi connectivity index (χ2v) is 7.15. The molecule has 3 aromatic carbocycles. The second kappa shape index (κ2) is 8.31. The number of aromatic amines is 1. The molecule has 1 aromatic heterocycles. The average molecular weight is 415 g/mol. The van der Waals surface area contributed by atoms with Crippen molar-refractivity contribution in [3.05, 3.63) is 97.3 Å². The third-order valence-corrected chi connectivity index (χ3v) is 4.96. The number of non-ortho nitro benzene ring substituents is 1. The first-order chi connectivity index (χ1) is 15.0. The van der Waals surface area contributed by atoms with Gasteiger partial charge in [0, 0.05) is 17.7 Å². The van der Waals surface area contributed by atoms with Gasteiger partial charge in [-0.1, -0.05) is 43.8 Å². The molecule has 0 saturated heterocycles. The Bertz CT molecular complexity index is 1450. The van der Waals surface area contributed by atoms with Gasteiger partial charge in [0.1, 0.15) is 5.75 Å². The first-order valence-electron chi connectivity index (χ1n) is 9.90. The van der Waals surface area contributed by atoms with Crippen molar-refractivity contribution in [1.82, 2.24) is 9.78 Å². The molecule has 0 atom stereocenters. The van der Waals surface area contributed by atoms with E-state index in [1.54, 1.807) is 12.1 Å². The van der Waals surface area contributed by atoms with Gasteiger partial charge in [-0.15, -0.1) is 0 Å². The summed E-state index contributed by atoms with van der Waals surface area (Å²) in [4.78, 5) is 23.9. The van der Waals surface area contributed by atoms with E-state index in [1.165, 1.54) is 16.8 Å². The summed E-state index contributed by atoms with van der Waals surface area (Å²) in [5.41, 5.74) is 0.753. The summed E-state index contributed by atoms with van der Waals surface area (Å²) in [6.45, 7) is 6.39. The molecule has 1 N–H and O–H groups in total. The summed E-state index contributed by atoms with van der Waals surface area (Å²) in [5.74, 6) is 0.477. The minimum atomic E-state index is -0.476. The van der Waals surface area contributed by atoms with Gasteiger partial charge in [0.15, 0.2) is 0 Å². The van der Waals surface area contributed by atoms with Gasteiger partial charge in [0.05, 0.1) is 27.8 Å². The lowest BCUT2D eigenvalue weighted by atomic mass is 10.1. The van der Waals surface area contributed by atoms with Crippen LogP contribution >= 0.6 is 0 Å². The Morgan fingerprint density at radius 2 is 1.90 bits per heavy atom. The largest absolute Gasteiger partial charge is 0.493 e. The number of rotatable bonds is 6. The third-order valence-electron chi connectivity index (χ3n) is 4.96. The molecular weight excluding hydrogens is 394 g/mol. The molecule has 0 radical (unpaired) electrons. The van der Waals surface area contributed by atoms with Crippen LogP contribution in [-0.2, 0) is 0 Å². The van der Waals surface area contributed by atoms with Crippen LogP contribution in [0.4, 0.5) is 5.69 Å². The molecule has 0 aliphatic heterocycles. The Morgan fingerprint density at radius 3 is 2.65 bits per heavy atom. The van der Waals surface area contributed by atoms with Gasteiger partial charge >= 0.3 is 0 Å². The molecule has 1 heterocycles. The van der Waals surface area contributed by atoms with Crippen LogP contribution in [0.15, 0.2) is 65.5 Å². The van der Waals surface area contributed by atoms with Gasteiger partial charge in [-0.05, 0) is 41.5 Å². The fourth-order valence-electron chi connectivity index (χ4n) is 3.40. The number of nitro benzene ring substituents is 1. The monoisotopic (exact) mass is 415 g/mol. The zero-order valence-electron chi connectivity index (χ0n) is 17.0. The summed E-state index contributed by atoms with van der Waals surface area (Å²) in [7, 11) is 0. The number of benzene rings is 3. The Kier molecular flexibility index (Phi) is 5.41. The smallest absolute Gasteiger partial charge is 0.279 e. The highest BCUT2D eigenvalue weighted by Gasteiger charge is 2.12. The fraction of sp³-hybridized carbons (Fsp3) is 0.125. The Labute approximate surface area is 177 Å².